The van der Waals surface area contributed by atoms with Crippen molar-refractivity contribution >= 4 is 32.5 Å². The molecule has 0 unspecified atom stereocenters. The third-order valence-electron chi connectivity index (χ3n) is 1.85. The van der Waals surface area contributed by atoms with E-state index in [1.807, 2.05) is 30.3 Å². The fourth-order valence-electron chi connectivity index (χ4n) is 1.26. The molecule has 0 atom stereocenters. The first-order valence-corrected chi connectivity index (χ1v) is 4.62. The summed E-state index contributed by atoms with van der Waals surface area (Å²) in [5.74, 6) is 5.36. The largest absolute Gasteiger partial charge is 0.323 e. The van der Waals surface area contributed by atoms with E-state index in [2.05, 4.69) is 26.3 Å². The molecule has 0 fully saturated rings. The van der Waals surface area contributed by atoms with Crippen LogP contribution in [0.15, 0.2) is 34.9 Å². The number of hydrogen-bond donors (Lipinski definition) is 2. The Kier molecular flexibility index (Phi) is 2.16. The SMILES string of the molecule is NNc1cccc2nc(Br)ccc12. The molecule has 0 amide bonds. The summed E-state index contributed by atoms with van der Waals surface area (Å²) >= 11 is 3.32. The average Bonchev–Trinajstić information content (AvgIpc) is 2.16. The summed E-state index contributed by atoms with van der Waals surface area (Å²) in [6, 6.07) is 9.64. The third kappa shape index (κ3) is 1.50. The number of rotatable bonds is 1. The summed E-state index contributed by atoms with van der Waals surface area (Å²) in [6.45, 7) is 0. The second-order valence-electron chi connectivity index (χ2n) is 2.65. The molecule has 3 nitrogen and oxygen atoms in total. The molecule has 66 valence electrons. The van der Waals surface area contributed by atoms with Crippen molar-refractivity contribution in [2.75, 3.05) is 5.43 Å². The number of aromatic nitrogens is 1. The standard InChI is InChI=1S/C9H8BrN3/c10-9-5-4-6-7(12-9)2-1-3-8(6)13-11/h1-5,13H,11H2. The molecule has 1 aromatic heterocycles. The summed E-state index contributed by atoms with van der Waals surface area (Å²) in [6.07, 6.45) is 0. The van der Waals surface area contributed by atoms with E-state index in [1.165, 1.54) is 0 Å². The number of halogens is 1. The quantitative estimate of drug-likeness (QED) is 0.455. The number of hydrazine groups is 1. The lowest BCUT2D eigenvalue weighted by Crippen LogP contribution is -2.06. The van der Waals surface area contributed by atoms with Crippen molar-refractivity contribution in [3.8, 4) is 0 Å². The topological polar surface area (TPSA) is 50.9 Å². The predicted octanol–water partition coefficient (Wildman–Crippen LogP) is 2.28. The van der Waals surface area contributed by atoms with E-state index in [0.29, 0.717) is 0 Å². The van der Waals surface area contributed by atoms with E-state index < -0.39 is 0 Å². The van der Waals surface area contributed by atoms with E-state index in [0.717, 1.165) is 21.2 Å². The molecule has 1 heterocycles. The molecule has 2 rings (SSSR count). The number of nitrogens with zero attached hydrogens (tertiary/aromatic N) is 1. The lowest BCUT2D eigenvalue weighted by atomic mass is 10.2. The minimum absolute atomic E-state index is 0.828. The van der Waals surface area contributed by atoms with Gasteiger partial charge in [0.2, 0.25) is 0 Å². The van der Waals surface area contributed by atoms with E-state index in [9.17, 15) is 0 Å². The number of nitrogen functional groups attached to an aromatic ring is 1. The van der Waals surface area contributed by atoms with Gasteiger partial charge in [-0.2, -0.15) is 0 Å². The van der Waals surface area contributed by atoms with Crippen LogP contribution in [-0.4, -0.2) is 4.98 Å². The maximum Gasteiger partial charge on any atom is 0.106 e. The Hall–Kier alpha value is -1.13. The van der Waals surface area contributed by atoms with Crippen molar-refractivity contribution < 1.29 is 0 Å². The van der Waals surface area contributed by atoms with Crippen molar-refractivity contribution in [2.24, 2.45) is 5.84 Å². The molecule has 0 spiro atoms. The Bertz CT molecular complexity index is 442. The Balaban J connectivity index is 2.77. The van der Waals surface area contributed by atoms with Crippen LogP contribution in [0.1, 0.15) is 0 Å². The number of benzene rings is 1. The monoisotopic (exact) mass is 237 g/mol. The Morgan fingerprint density at radius 2 is 2.08 bits per heavy atom. The highest BCUT2D eigenvalue weighted by atomic mass is 79.9. The third-order valence-corrected chi connectivity index (χ3v) is 2.30. The molecule has 1 aromatic carbocycles. The molecule has 3 N–H and O–H groups in total. The van der Waals surface area contributed by atoms with Crippen LogP contribution >= 0.6 is 15.9 Å². The minimum Gasteiger partial charge on any atom is -0.323 e. The van der Waals surface area contributed by atoms with Gasteiger partial charge in [-0.3, -0.25) is 5.84 Å². The number of pyridine rings is 1. The number of nitrogens with one attached hydrogen (secondary N) is 1. The Labute approximate surface area is 84.1 Å². The van der Waals surface area contributed by atoms with Crippen molar-refractivity contribution in [2.45, 2.75) is 0 Å². The highest BCUT2D eigenvalue weighted by Gasteiger charge is 1.99. The molecule has 13 heavy (non-hydrogen) atoms. The van der Waals surface area contributed by atoms with Gasteiger partial charge in [-0.15, -0.1) is 0 Å². The molecule has 0 aliphatic carbocycles. The molecule has 0 saturated carbocycles. The van der Waals surface area contributed by atoms with Gasteiger partial charge in [0, 0.05) is 5.39 Å². The van der Waals surface area contributed by atoms with Crippen LogP contribution in [0.3, 0.4) is 0 Å². The second-order valence-corrected chi connectivity index (χ2v) is 3.46. The highest BCUT2D eigenvalue weighted by Crippen LogP contribution is 2.22. The van der Waals surface area contributed by atoms with Crippen LogP contribution < -0.4 is 11.3 Å². The van der Waals surface area contributed by atoms with Crippen molar-refractivity contribution in [3.05, 3.63) is 34.9 Å². The molecule has 0 aliphatic rings. The highest BCUT2D eigenvalue weighted by molar-refractivity contribution is 9.10. The maximum atomic E-state index is 5.36. The molecular formula is C9H8BrN3. The van der Waals surface area contributed by atoms with E-state index >= 15 is 0 Å². The molecule has 0 radical (unpaired) electrons. The Morgan fingerprint density at radius 3 is 2.85 bits per heavy atom. The van der Waals surface area contributed by atoms with Crippen LogP contribution in [0.5, 0.6) is 0 Å². The lowest BCUT2D eigenvalue weighted by Gasteiger charge is -2.04. The second kappa shape index (κ2) is 3.32. The molecular weight excluding hydrogens is 230 g/mol. The Morgan fingerprint density at radius 1 is 1.23 bits per heavy atom. The van der Waals surface area contributed by atoms with Gasteiger partial charge in [0.15, 0.2) is 0 Å². The van der Waals surface area contributed by atoms with E-state index in [-0.39, 0.29) is 0 Å². The van der Waals surface area contributed by atoms with E-state index in [1.54, 1.807) is 0 Å². The van der Waals surface area contributed by atoms with Crippen LogP contribution in [-0.2, 0) is 0 Å². The number of nitrogens with two attached hydrogens (primary N) is 1. The van der Waals surface area contributed by atoms with Gasteiger partial charge < -0.3 is 5.43 Å². The molecule has 0 aliphatic heterocycles. The summed E-state index contributed by atoms with van der Waals surface area (Å²) in [5.41, 5.74) is 4.44. The molecule has 0 bridgehead atoms. The minimum atomic E-state index is 0.828. The smallest absolute Gasteiger partial charge is 0.106 e. The molecule has 0 saturated heterocycles. The van der Waals surface area contributed by atoms with Crippen LogP contribution in [0, 0.1) is 0 Å². The first-order valence-electron chi connectivity index (χ1n) is 3.83. The van der Waals surface area contributed by atoms with Crippen LogP contribution in [0.2, 0.25) is 0 Å². The van der Waals surface area contributed by atoms with Crippen molar-refractivity contribution in [3.63, 3.8) is 0 Å². The first kappa shape index (κ1) is 8.47. The fraction of sp³-hybridized carbons (Fsp3) is 0. The number of hydrogen-bond acceptors (Lipinski definition) is 3. The first-order chi connectivity index (χ1) is 6.31. The zero-order chi connectivity index (χ0) is 9.26. The van der Waals surface area contributed by atoms with Crippen molar-refractivity contribution in [1.82, 2.24) is 4.98 Å². The summed E-state index contributed by atoms with van der Waals surface area (Å²) in [7, 11) is 0. The van der Waals surface area contributed by atoms with Gasteiger partial charge in [0.1, 0.15) is 4.60 Å². The lowest BCUT2D eigenvalue weighted by molar-refractivity contribution is 1.33. The van der Waals surface area contributed by atoms with Crippen LogP contribution in [0.25, 0.3) is 10.9 Å². The van der Waals surface area contributed by atoms with Gasteiger partial charge in [0.05, 0.1) is 11.2 Å². The zero-order valence-electron chi connectivity index (χ0n) is 6.79. The maximum absolute atomic E-state index is 5.36. The van der Waals surface area contributed by atoms with Crippen molar-refractivity contribution in [1.29, 1.82) is 0 Å². The molecule has 4 heteroatoms. The van der Waals surface area contributed by atoms with Gasteiger partial charge in [-0.05, 0) is 40.2 Å². The van der Waals surface area contributed by atoms with Gasteiger partial charge >= 0.3 is 0 Å². The summed E-state index contributed by atoms with van der Waals surface area (Å²) < 4.78 is 0.828. The zero-order valence-corrected chi connectivity index (χ0v) is 8.38. The van der Waals surface area contributed by atoms with E-state index in [4.69, 9.17) is 5.84 Å². The van der Waals surface area contributed by atoms with Crippen LogP contribution in [0.4, 0.5) is 5.69 Å². The van der Waals surface area contributed by atoms with Gasteiger partial charge in [-0.25, -0.2) is 4.98 Å². The predicted molar refractivity (Wildman–Crippen MR) is 57.3 cm³/mol. The van der Waals surface area contributed by atoms with Gasteiger partial charge in [0.25, 0.3) is 0 Å². The summed E-state index contributed by atoms with van der Waals surface area (Å²) in [5, 5.41) is 1.02. The normalized spacial score (nSPS) is 10.3. The number of anilines is 1. The average molecular weight is 238 g/mol. The number of fused-ring (bicyclic) bond motifs is 1. The summed E-state index contributed by atoms with van der Waals surface area (Å²) in [4.78, 5) is 4.31. The molecule has 2 aromatic rings. The fourth-order valence-corrected chi connectivity index (χ4v) is 1.58. The van der Waals surface area contributed by atoms with Gasteiger partial charge in [-0.1, -0.05) is 6.07 Å².